The van der Waals surface area contributed by atoms with E-state index in [1.165, 1.54) is 0 Å². The molecule has 1 aromatic rings. The largest absolute Gasteiger partial charge is 0.389 e. The van der Waals surface area contributed by atoms with Crippen molar-refractivity contribution < 1.29 is 4.74 Å². The molecule has 0 aromatic heterocycles. The molecule has 17 heavy (non-hydrogen) atoms. The number of hydrogen-bond acceptors (Lipinski definition) is 3. The van der Waals surface area contributed by atoms with E-state index in [0.29, 0.717) is 11.0 Å². The van der Waals surface area contributed by atoms with E-state index >= 15 is 0 Å². The van der Waals surface area contributed by atoms with E-state index < -0.39 is 0 Å². The maximum Gasteiger partial charge on any atom is 0.106 e. The third kappa shape index (κ3) is 2.76. The Morgan fingerprint density at radius 1 is 1.53 bits per heavy atom. The Hall–Kier alpha value is -1.13. The maximum atomic E-state index is 5.75. The molecule has 0 spiro atoms. The summed E-state index contributed by atoms with van der Waals surface area (Å²) in [6.07, 6.45) is 1.25. The molecule has 1 aromatic carbocycles. The van der Waals surface area contributed by atoms with Crippen LogP contribution in [-0.2, 0) is 4.74 Å². The van der Waals surface area contributed by atoms with E-state index in [-0.39, 0.29) is 6.10 Å². The van der Waals surface area contributed by atoms with Gasteiger partial charge in [-0.05, 0) is 32.4 Å². The zero-order valence-electron chi connectivity index (χ0n) is 10.2. The Morgan fingerprint density at radius 2 is 2.29 bits per heavy atom. The van der Waals surface area contributed by atoms with Gasteiger partial charge in [0.2, 0.25) is 0 Å². The summed E-state index contributed by atoms with van der Waals surface area (Å²) in [7, 11) is 0. The van der Waals surface area contributed by atoms with Crippen LogP contribution in [0.2, 0.25) is 0 Å². The minimum Gasteiger partial charge on any atom is -0.389 e. The highest BCUT2D eigenvalue weighted by molar-refractivity contribution is 7.80. The molecule has 0 bridgehead atoms. The van der Waals surface area contributed by atoms with Gasteiger partial charge in [0.25, 0.3) is 0 Å². The topological polar surface area (TPSA) is 47.3 Å². The molecule has 3 N–H and O–H groups in total. The lowest BCUT2D eigenvalue weighted by Gasteiger charge is -2.19. The number of nitrogens with one attached hydrogen (secondary N) is 1. The fraction of sp³-hybridized carbons (Fsp3) is 0.462. The van der Waals surface area contributed by atoms with Crippen LogP contribution in [0, 0.1) is 6.92 Å². The molecule has 1 aliphatic rings. The smallest absolute Gasteiger partial charge is 0.106 e. The van der Waals surface area contributed by atoms with E-state index in [2.05, 4.69) is 18.3 Å². The lowest BCUT2D eigenvalue weighted by molar-refractivity contribution is 0.121. The average molecular weight is 250 g/mol. The summed E-state index contributed by atoms with van der Waals surface area (Å²) in [5.74, 6) is 0. The first kappa shape index (κ1) is 12.3. The third-order valence-corrected chi connectivity index (χ3v) is 3.38. The molecule has 92 valence electrons. The molecule has 4 heteroatoms. The Bertz CT molecular complexity index is 433. The van der Waals surface area contributed by atoms with Crippen molar-refractivity contribution >= 4 is 22.9 Å². The van der Waals surface area contributed by atoms with Crippen molar-refractivity contribution in [2.75, 3.05) is 11.9 Å². The van der Waals surface area contributed by atoms with E-state index in [1.54, 1.807) is 0 Å². The van der Waals surface area contributed by atoms with Crippen molar-refractivity contribution in [1.82, 2.24) is 0 Å². The van der Waals surface area contributed by atoms with Crippen molar-refractivity contribution in [3.8, 4) is 0 Å². The molecular formula is C13H18N2OS. The first-order valence-electron chi connectivity index (χ1n) is 5.86. The summed E-state index contributed by atoms with van der Waals surface area (Å²) < 4.78 is 5.54. The molecule has 0 radical (unpaired) electrons. The lowest BCUT2D eigenvalue weighted by Crippen LogP contribution is -2.28. The highest BCUT2D eigenvalue weighted by atomic mass is 32.1. The second kappa shape index (κ2) is 5.02. The van der Waals surface area contributed by atoms with Crippen LogP contribution in [0.4, 0.5) is 5.69 Å². The molecule has 1 fully saturated rings. The van der Waals surface area contributed by atoms with E-state index in [0.717, 1.165) is 29.8 Å². The molecule has 2 rings (SSSR count). The number of nitrogens with two attached hydrogens (primary N) is 1. The van der Waals surface area contributed by atoms with Gasteiger partial charge in [-0.15, -0.1) is 0 Å². The van der Waals surface area contributed by atoms with Gasteiger partial charge in [-0.1, -0.05) is 23.8 Å². The standard InChI is InChI=1S/C13H18N2OS/c1-8-3-4-12(10(7-8)13(14)17)15-11-5-6-16-9(11)2/h3-4,7,9,11,15H,5-6H2,1-2H3,(H2,14,17). The van der Waals surface area contributed by atoms with Gasteiger partial charge in [0.15, 0.2) is 0 Å². The van der Waals surface area contributed by atoms with Crippen LogP contribution in [-0.4, -0.2) is 23.7 Å². The molecule has 1 saturated heterocycles. The fourth-order valence-electron chi connectivity index (χ4n) is 2.11. The van der Waals surface area contributed by atoms with Gasteiger partial charge >= 0.3 is 0 Å². The summed E-state index contributed by atoms with van der Waals surface area (Å²) in [5, 5.41) is 3.48. The van der Waals surface area contributed by atoms with Crippen LogP contribution >= 0.6 is 12.2 Å². The number of hydrogen-bond donors (Lipinski definition) is 2. The number of ether oxygens (including phenoxy) is 1. The molecule has 3 nitrogen and oxygen atoms in total. The Balaban J connectivity index is 2.22. The summed E-state index contributed by atoms with van der Waals surface area (Å²) in [6.45, 7) is 4.93. The summed E-state index contributed by atoms with van der Waals surface area (Å²) >= 11 is 5.09. The van der Waals surface area contributed by atoms with E-state index in [4.69, 9.17) is 22.7 Å². The monoisotopic (exact) mass is 250 g/mol. The lowest BCUT2D eigenvalue weighted by atomic mass is 10.1. The van der Waals surface area contributed by atoms with Crippen LogP contribution < -0.4 is 11.1 Å². The first-order valence-corrected chi connectivity index (χ1v) is 6.27. The Kier molecular flexibility index (Phi) is 3.64. The van der Waals surface area contributed by atoms with Gasteiger partial charge in [0.05, 0.1) is 12.1 Å². The summed E-state index contributed by atoms with van der Waals surface area (Å²) in [4.78, 5) is 0.433. The van der Waals surface area contributed by atoms with Crippen molar-refractivity contribution in [2.24, 2.45) is 5.73 Å². The van der Waals surface area contributed by atoms with Crippen molar-refractivity contribution in [1.29, 1.82) is 0 Å². The fourth-order valence-corrected chi connectivity index (χ4v) is 2.28. The van der Waals surface area contributed by atoms with Crippen LogP contribution in [0.5, 0.6) is 0 Å². The molecule has 1 heterocycles. The van der Waals surface area contributed by atoms with Crippen LogP contribution in [0.3, 0.4) is 0 Å². The van der Waals surface area contributed by atoms with Crippen LogP contribution in [0.15, 0.2) is 18.2 Å². The summed E-state index contributed by atoms with van der Waals surface area (Å²) in [6, 6.07) is 6.45. The zero-order valence-corrected chi connectivity index (χ0v) is 11.0. The quantitative estimate of drug-likeness (QED) is 0.808. The van der Waals surface area contributed by atoms with E-state index in [1.807, 2.05) is 19.1 Å². The second-order valence-corrected chi connectivity index (χ2v) is 4.97. The van der Waals surface area contributed by atoms with Gasteiger partial charge in [0.1, 0.15) is 4.99 Å². The number of aryl methyl sites for hydroxylation is 1. The van der Waals surface area contributed by atoms with Gasteiger partial charge in [-0.2, -0.15) is 0 Å². The molecule has 0 saturated carbocycles. The number of rotatable bonds is 3. The molecule has 2 atom stereocenters. The van der Waals surface area contributed by atoms with Gasteiger partial charge in [-0.25, -0.2) is 0 Å². The minimum absolute atomic E-state index is 0.232. The maximum absolute atomic E-state index is 5.75. The van der Waals surface area contributed by atoms with Crippen molar-refractivity contribution in [3.05, 3.63) is 29.3 Å². The molecule has 1 aliphatic heterocycles. The minimum atomic E-state index is 0.232. The highest BCUT2D eigenvalue weighted by Crippen LogP contribution is 2.23. The number of thiocarbonyl (C=S) groups is 1. The first-order chi connectivity index (χ1) is 8.08. The van der Waals surface area contributed by atoms with Gasteiger partial charge in [-0.3, -0.25) is 0 Å². The van der Waals surface area contributed by atoms with Crippen LogP contribution in [0.25, 0.3) is 0 Å². The molecule has 0 amide bonds. The third-order valence-electron chi connectivity index (χ3n) is 3.16. The predicted molar refractivity (Wildman–Crippen MR) is 74.5 cm³/mol. The molecular weight excluding hydrogens is 232 g/mol. The zero-order chi connectivity index (χ0) is 12.4. The predicted octanol–water partition coefficient (Wildman–Crippen LogP) is 2.22. The highest BCUT2D eigenvalue weighted by Gasteiger charge is 2.24. The summed E-state index contributed by atoms with van der Waals surface area (Å²) in [5.41, 5.74) is 8.83. The Morgan fingerprint density at radius 3 is 2.88 bits per heavy atom. The SMILES string of the molecule is Cc1ccc(NC2CCOC2C)c(C(N)=S)c1. The second-order valence-electron chi connectivity index (χ2n) is 4.53. The Labute approximate surface area is 107 Å². The van der Waals surface area contributed by atoms with Crippen LogP contribution in [0.1, 0.15) is 24.5 Å². The average Bonchev–Trinajstić information content (AvgIpc) is 2.67. The normalized spacial score (nSPS) is 23.6. The number of benzene rings is 1. The van der Waals surface area contributed by atoms with Crippen molar-refractivity contribution in [2.45, 2.75) is 32.4 Å². The molecule has 0 aliphatic carbocycles. The number of anilines is 1. The van der Waals surface area contributed by atoms with Gasteiger partial charge in [0, 0.05) is 17.9 Å². The van der Waals surface area contributed by atoms with E-state index in [9.17, 15) is 0 Å². The molecule has 2 unspecified atom stereocenters. The van der Waals surface area contributed by atoms with Gasteiger partial charge < -0.3 is 15.8 Å². The van der Waals surface area contributed by atoms with Crippen molar-refractivity contribution in [3.63, 3.8) is 0 Å².